The van der Waals surface area contributed by atoms with Crippen LogP contribution in [0.1, 0.15) is 37.8 Å². The lowest BCUT2D eigenvalue weighted by Crippen LogP contribution is -2.31. The highest BCUT2D eigenvalue weighted by atomic mass is 79.9. The van der Waals surface area contributed by atoms with Crippen LogP contribution in [0.5, 0.6) is 0 Å². The molecule has 0 bridgehead atoms. The Morgan fingerprint density at radius 2 is 2.00 bits per heavy atom. The summed E-state index contributed by atoms with van der Waals surface area (Å²) in [5.74, 6) is 0.760. The quantitative estimate of drug-likeness (QED) is 0.468. The minimum Gasteiger partial charge on any atom is -0.465 e. The number of halogens is 1. The van der Waals surface area contributed by atoms with Gasteiger partial charge in [0.2, 0.25) is 0 Å². The van der Waals surface area contributed by atoms with E-state index in [1.165, 1.54) is 11.8 Å². The van der Waals surface area contributed by atoms with Crippen LogP contribution >= 0.6 is 35.3 Å². The van der Waals surface area contributed by atoms with Gasteiger partial charge < -0.3 is 18.2 Å². The SMILES string of the molecule is CCOC(=O)C1SCc2oc(Br)cc2C1P(=O)(OCC)OCC. The van der Waals surface area contributed by atoms with E-state index in [1.807, 2.05) is 0 Å². The van der Waals surface area contributed by atoms with Crippen LogP contribution in [-0.4, -0.2) is 31.0 Å². The third-order valence-corrected chi connectivity index (χ3v) is 7.63. The van der Waals surface area contributed by atoms with Crippen molar-refractivity contribution in [1.82, 2.24) is 0 Å². The van der Waals surface area contributed by atoms with Crippen molar-refractivity contribution >= 4 is 41.3 Å². The maximum absolute atomic E-state index is 13.3. The fourth-order valence-corrected chi connectivity index (χ4v) is 6.87. The topological polar surface area (TPSA) is 75.0 Å². The number of ether oxygens (including phenoxy) is 1. The summed E-state index contributed by atoms with van der Waals surface area (Å²) in [5, 5.41) is -0.657. The summed E-state index contributed by atoms with van der Waals surface area (Å²) in [7, 11) is -3.55. The molecule has 6 nitrogen and oxygen atoms in total. The van der Waals surface area contributed by atoms with Crippen molar-refractivity contribution in [3.8, 4) is 0 Å². The molecule has 0 aromatic carbocycles. The van der Waals surface area contributed by atoms with E-state index in [0.717, 1.165) is 0 Å². The monoisotopic (exact) mass is 426 g/mol. The highest BCUT2D eigenvalue weighted by molar-refractivity contribution is 9.10. The molecule has 0 fully saturated rings. The van der Waals surface area contributed by atoms with E-state index in [9.17, 15) is 9.36 Å². The first-order valence-electron chi connectivity index (χ1n) is 7.41. The molecule has 0 saturated heterocycles. The number of furan rings is 1. The Morgan fingerprint density at radius 1 is 1.35 bits per heavy atom. The van der Waals surface area contributed by atoms with Gasteiger partial charge in [-0.15, -0.1) is 11.8 Å². The number of fused-ring (bicyclic) bond motifs is 1. The van der Waals surface area contributed by atoms with Crippen LogP contribution in [0.15, 0.2) is 15.2 Å². The Hall–Kier alpha value is -0.270. The van der Waals surface area contributed by atoms with Crippen molar-refractivity contribution in [1.29, 1.82) is 0 Å². The van der Waals surface area contributed by atoms with Crippen LogP contribution in [0.4, 0.5) is 0 Å². The van der Waals surface area contributed by atoms with Crippen molar-refractivity contribution in [3.05, 3.63) is 22.1 Å². The molecule has 0 saturated carbocycles. The maximum Gasteiger partial charge on any atom is 0.339 e. The van der Waals surface area contributed by atoms with E-state index >= 15 is 0 Å². The summed E-state index contributed by atoms with van der Waals surface area (Å²) < 4.78 is 35.6. The largest absolute Gasteiger partial charge is 0.465 e. The van der Waals surface area contributed by atoms with Crippen molar-refractivity contribution in [2.24, 2.45) is 0 Å². The summed E-state index contributed by atoms with van der Waals surface area (Å²) in [4.78, 5) is 12.4. The molecule has 2 heterocycles. The van der Waals surface area contributed by atoms with Crippen molar-refractivity contribution < 1.29 is 27.6 Å². The van der Waals surface area contributed by atoms with Gasteiger partial charge in [0, 0.05) is 5.56 Å². The number of esters is 1. The summed E-state index contributed by atoms with van der Waals surface area (Å²) in [5.41, 5.74) is -0.0656. The van der Waals surface area contributed by atoms with Gasteiger partial charge in [0.1, 0.15) is 16.7 Å². The molecule has 0 spiro atoms. The van der Waals surface area contributed by atoms with Crippen LogP contribution in [0.25, 0.3) is 0 Å². The van der Waals surface area contributed by atoms with Crippen molar-refractivity contribution in [2.45, 2.75) is 37.4 Å². The third-order valence-electron chi connectivity index (χ3n) is 3.29. The molecule has 2 atom stereocenters. The van der Waals surface area contributed by atoms with E-state index in [0.29, 0.717) is 21.7 Å². The average Bonchev–Trinajstić information content (AvgIpc) is 2.86. The molecular weight excluding hydrogens is 407 g/mol. The molecule has 0 amide bonds. The first kappa shape index (κ1) is 19.1. The fraction of sp³-hybridized carbons (Fsp3) is 0.643. The minimum absolute atomic E-state index is 0.225. The minimum atomic E-state index is -3.55. The molecule has 0 N–H and O–H groups in total. The van der Waals surface area contributed by atoms with Gasteiger partial charge in [0.25, 0.3) is 0 Å². The van der Waals surface area contributed by atoms with Gasteiger partial charge in [-0.05, 0) is 42.8 Å². The molecule has 9 heteroatoms. The molecule has 1 aromatic heterocycles. The normalized spacial score (nSPS) is 21.0. The first-order valence-corrected chi connectivity index (χ1v) is 10.9. The van der Waals surface area contributed by atoms with E-state index in [2.05, 4.69) is 15.9 Å². The van der Waals surface area contributed by atoms with Crippen molar-refractivity contribution in [2.75, 3.05) is 19.8 Å². The highest BCUT2D eigenvalue weighted by Gasteiger charge is 2.50. The lowest BCUT2D eigenvalue weighted by atomic mass is 10.1. The number of carbonyl (C=O) groups is 1. The average molecular weight is 427 g/mol. The Morgan fingerprint density at radius 3 is 2.57 bits per heavy atom. The zero-order valence-corrected chi connectivity index (χ0v) is 16.5. The first-order chi connectivity index (χ1) is 11.0. The Kier molecular flexibility index (Phi) is 6.80. The second-order valence-electron chi connectivity index (χ2n) is 4.73. The molecule has 23 heavy (non-hydrogen) atoms. The standard InChI is InChI=1S/C14H20BrO6PS/c1-4-18-14(16)13-12(22(17,19-5-2)20-6-3)9-7-11(15)21-10(9)8-23-13/h7,12-13H,4-6,8H2,1-3H3. The second kappa shape index (κ2) is 8.21. The molecule has 1 aliphatic heterocycles. The zero-order chi connectivity index (χ0) is 17.0. The Balaban J connectivity index is 2.49. The molecule has 0 aliphatic carbocycles. The van der Waals surface area contributed by atoms with Crippen LogP contribution in [0.2, 0.25) is 0 Å². The van der Waals surface area contributed by atoms with Gasteiger partial charge in [-0.1, -0.05) is 0 Å². The fourth-order valence-electron chi connectivity index (χ4n) is 2.51. The van der Waals surface area contributed by atoms with Crippen LogP contribution < -0.4 is 0 Å². The summed E-state index contributed by atoms with van der Waals surface area (Å²) in [6.45, 7) is 5.94. The van der Waals surface area contributed by atoms with Crippen LogP contribution in [-0.2, 0) is 28.9 Å². The number of rotatable bonds is 7. The molecule has 2 unspecified atom stereocenters. The summed E-state index contributed by atoms with van der Waals surface area (Å²) in [6, 6.07) is 1.73. The van der Waals surface area contributed by atoms with E-state index < -0.39 is 24.5 Å². The number of thioether (sulfide) groups is 1. The van der Waals surface area contributed by atoms with E-state index in [4.69, 9.17) is 18.2 Å². The summed E-state index contributed by atoms with van der Waals surface area (Å²) >= 11 is 4.62. The smallest absolute Gasteiger partial charge is 0.339 e. The predicted molar refractivity (Wildman–Crippen MR) is 91.7 cm³/mol. The lowest BCUT2D eigenvalue weighted by molar-refractivity contribution is -0.142. The van der Waals surface area contributed by atoms with Gasteiger partial charge in [0.05, 0.1) is 25.6 Å². The Labute approximate surface area is 148 Å². The van der Waals surface area contributed by atoms with Gasteiger partial charge in [-0.2, -0.15) is 0 Å². The molecule has 0 radical (unpaired) electrons. The van der Waals surface area contributed by atoms with Gasteiger partial charge in [-0.3, -0.25) is 9.36 Å². The van der Waals surface area contributed by atoms with Crippen LogP contribution in [0.3, 0.4) is 0 Å². The Bertz CT molecular complexity index is 594. The van der Waals surface area contributed by atoms with Gasteiger partial charge in [0.15, 0.2) is 4.67 Å². The predicted octanol–water partition coefficient (Wildman–Crippen LogP) is 4.53. The van der Waals surface area contributed by atoms with Crippen LogP contribution in [0, 0.1) is 0 Å². The second-order valence-corrected chi connectivity index (χ2v) is 8.80. The van der Waals surface area contributed by atoms with Gasteiger partial charge >= 0.3 is 13.6 Å². The van der Waals surface area contributed by atoms with E-state index in [1.54, 1.807) is 26.8 Å². The maximum atomic E-state index is 13.3. The number of carbonyl (C=O) groups excluding carboxylic acids is 1. The van der Waals surface area contributed by atoms with Gasteiger partial charge in [-0.25, -0.2) is 0 Å². The third kappa shape index (κ3) is 4.04. The van der Waals surface area contributed by atoms with E-state index in [-0.39, 0.29) is 19.8 Å². The summed E-state index contributed by atoms with van der Waals surface area (Å²) in [6.07, 6.45) is 0. The molecular formula is C14H20BrO6PS. The number of hydrogen-bond acceptors (Lipinski definition) is 7. The van der Waals surface area contributed by atoms with Crippen molar-refractivity contribution in [3.63, 3.8) is 0 Å². The zero-order valence-electron chi connectivity index (χ0n) is 13.2. The molecule has 130 valence electrons. The lowest BCUT2D eigenvalue weighted by Gasteiger charge is -2.33. The highest BCUT2D eigenvalue weighted by Crippen LogP contribution is 2.66. The molecule has 2 rings (SSSR count). The molecule has 1 aromatic rings. The number of hydrogen-bond donors (Lipinski definition) is 0. The molecule has 1 aliphatic rings.